The van der Waals surface area contributed by atoms with Crippen LogP contribution >= 0.6 is 11.3 Å². The van der Waals surface area contributed by atoms with Gasteiger partial charge in [0.1, 0.15) is 0 Å². The molecule has 0 saturated heterocycles. The molecule has 1 atom stereocenters. The molecular formula is C20H19N5OS. The molecular weight excluding hydrogens is 358 g/mol. The second kappa shape index (κ2) is 6.92. The minimum Gasteiger partial charge on any atom is -0.344 e. The number of rotatable bonds is 4. The number of nitrogens with zero attached hydrogens (tertiary/aromatic N) is 4. The Morgan fingerprint density at radius 3 is 2.74 bits per heavy atom. The third-order valence-electron chi connectivity index (χ3n) is 4.48. The molecule has 1 unspecified atom stereocenters. The lowest BCUT2D eigenvalue weighted by molar-refractivity contribution is 0.0938. The number of benzene rings is 1. The Hall–Kier alpha value is -3.06. The Morgan fingerprint density at radius 2 is 1.96 bits per heavy atom. The minimum atomic E-state index is -0.169. The SMILES string of the molecule is Cc1nc(C(C)NC(=O)c2cnn(-c3ccc4ccccc4n3)c2C)cs1. The molecule has 3 heterocycles. The number of pyridine rings is 1. The van der Waals surface area contributed by atoms with E-state index in [0.717, 1.165) is 27.3 Å². The van der Waals surface area contributed by atoms with Crippen molar-refractivity contribution in [3.63, 3.8) is 0 Å². The zero-order chi connectivity index (χ0) is 19.0. The Balaban J connectivity index is 1.60. The van der Waals surface area contributed by atoms with Crippen molar-refractivity contribution in [1.29, 1.82) is 0 Å². The van der Waals surface area contributed by atoms with Gasteiger partial charge in [0.2, 0.25) is 0 Å². The van der Waals surface area contributed by atoms with Gasteiger partial charge in [-0.25, -0.2) is 14.6 Å². The Labute approximate surface area is 160 Å². The number of aryl methyl sites for hydroxylation is 1. The molecule has 7 heteroatoms. The fourth-order valence-electron chi connectivity index (χ4n) is 2.96. The van der Waals surface area contributed by atoms with Crippen LogP contribution < -0.4 is 5.32 Å². The molecule has 1 amide bonds. The lowest BCUT2D eigenvalue weighted by Gasteiger charge is -2.11. The van der Waals surface area contributed by atoms with Crippen molar-refractivity contribution in [2.24, 2.45) is 0 Å². The number of hydrogen-bond donors (Lipinski definition) is 1. The van der Waals surface area contributed by atoms with Gasteiger partial charge in [-0.3, -0.25) is 4.79 Å². The molecule has 6 nitrogen and oxygen atoms in total. The highest BCUT2D eigenvalue weighted by Crippen LogP contribution is 2.19. The quantitative estimate of drug-likeness (QED) is 0.584. The maximum absolute atomic E-state index is 12.7. The van der Waals surface area contributed by atoms with E-state index in [1.54, 1.807) is 22.2 Å². The van der Waals surface area contributed by atoms with Crippen LogP contribution in [-0.2, 0) is 0 Å². The molecule has 1 aromatic carbocycles. The van der Waals surface area contributed by atoms with Gasteiger partial charge in [-0.05, 0) is 39.0 Å². The highest BCUT2D eigenvalue weighted by Gasteiger charge is 2.19. The first-order valence-electron chi connectivity index (χ1n) is 8.66. The number of nitrogens with one attached hydrogen (secondary N) is 1. The van der Waals surface area contributed by atoms with Gasteiger partial charge in [-0.1, -0.05) is 18.2 Å². The smallest absolute Gasteiger partial charge is 0.255 e. The summed E-state index contributed by atoms with van der Waals surface area (Å²) in [5, 5.41) is 11.4. The number of hydrogen-bond acceptors (Lipinski definition) is 5. The average Bonchev–Trinajstić information content (AvgIpc) is 3.27. The number of thiazole rings is 1. The molecule has 0 aliphatic carbocycles. The van der Waals surface area contributed by atoms with Gasteiger partial charge >= 0.3 is 0 Å². The van der Waals surface area contributed by atoms with Crippen LogP contribution in [0.2, 0.25) is 0 Å². The highest BCUT2D eigenvalue weighted by atomic mass is 32.1. The number of para-hydroxylation sites is 1. The molecule has 0 radical (unpaired) electrons. The molecule has 4 aromatic rings. The van der Waals surface area contributed by atoms with E-state index in [4.69, 9.17) is 0 Å². The molecule has 1 N–H and O–H groups in total. The predicted molar refractivity (Wildman–Crippen MR) is 106 cm³/mol. The van der Waals surface area contributed by atoms with Gasteiger partial charge < -0.3 is 5.32 Å². The maximum Gasteiger partial charge on any atom is 0.255 e. The fourth-order valence-corrected chi connectivity index (χ4v) is 3.67. The summed E-state index contributed by atoms with van der Waals surface area (Å²) in [4.78, 5) is 21.8. The Bertz CT molecular complexity index is 1130. The summed E-state index contributed by atoms with van der Waals surface area (Å²) in [6.45, 7) is 5.75. The summed E-state index contributed by atoms with van der Waals surface area (Å²) in [5.74, 6) is 0.520. The topological polar surface area (TPSA) is 72.7 Å². The highest BCUT2D eigenvalue weighted by molar-refractivity contribution is 7.09. The number of carbonyl (C=O) groups excluding carboxylic acids is 1. The summed E-state index contributed by atoms with van der Waals surface area (Å²) < 4.78 is 1.69. The summed E-state index contributed by atoms with van der Waals surface area (Å²) in [6.07, 6.45) is 1.58. The molecule has 0 aliphatic heterocycles. The molecule has 0 saturated carbocycles. The van der Waals surface area contributed by atoms with E-state index in [9.17, 15) is 4.79 Å². The van der Waals surface area contributed by atoms with Gasteiger partial charge in [-0.15, -0.1) is 11.3 Å². The standard InChI is InChI=1S/C20H19N5OS/c1-12(18-11-27-14(3)23-18)22-20(26)16-10-21-25(13(16)2)19-9-8-15-6-4-5-7-17(15)24-19/h4-12H,1-3H3,(H,22,26). The largest absolute Gasteiger partial charge is 0.344 e. The maximum atomic E-state index is 12.7. The van der Waals surface area contributed by atoms with E-state index in [0.29, 0.717) is 11.4 Å². The summed E-state index contributed by atoms with van der Waals surface area (Å²) in [6, 6.07) is 11.7. The van der Waals surface area contributed by atoms with Crippen LogP contribution in [0.25, 0.3) is 16.7 Å². The van der Waals surface area contributed by atoms with Crippen molar-refractivity contribution in [3.05, 3.63) is 69.9 Å². The van der Waals surface area contributed by atoms with Crippen molar-refractivity contribution < 1.29 is 4.79 Å². The lowest BCUT2D eigenvalue weighted by atomic mass is 10.2. The van der Waals surface area contributed by atoms with E-state index in [1.165, 1.54) is 0 Å². The van der Waals surface area contributed by atoms with E-state index in [1.807, 2.05) is 62.5 Å². The van der Waals surface area contributed by atoms with Gasteiger partial charge in [0.25, 0.3) is 5.91 Å². The Morgan fingerprint density at radius 1 is 1.15 bits per heavy atom. The Kier molecular flexibility index (Phi) is 4.45. The number of aromatic nitrogens is 4. The van der Waals surface area contributed by atoms with Gasteiger partial charge in [-0.2, -0.15) is 5.10 Å². The van der Waals surface area contributed by atoms with Crippen LogP contribution in [0.15, 0.2) is 48.0 Å². The van der Waals surface area contributed by atoms with Crippen molar-refractivity contribution in [2.45, 2.75) is 26.8 Å². The molecule has 27 heavy (non-hydrogen) atoms. The number of amides is 1. The zero-order valence-corrected chi connectivity index (χ0v) is 16.1. The molecule has 136 valence electrons. The van der Waals surface area contributed by atoms with Crippen LogP contribution in [0.5, 0.6) is 0 Å². The normalized spacial score (nSPS) is 12.3. The van der Waals surface area contributed by atoms with Crippen molar-refractivity contribution in [2.75, 3.05) is 0 Å². The average molecular weight is 377 g/mol. The van der Waals surface area contributed by atoms with Crippen molar-refractivity contribution >= 4 is 28.1 Å². The van der Waals surface area contributed by atoms with E-state index in [2.05, 4.69) is 20.4 Å². The molecule has 0 fully saturated rings. The first kappa shape index (κ1) is 17.4. The van der Waals surface area contributed by atoms with Crippen LogP contribution in [0, 0.1) is 13.8 Å². The van der Waals surface area contributed by atoms with Crippen LogP contribution in [0.3, 0.4) is 0 Å². The third-order valence-corrected chi connectivity index (χ3v) is 5.27. The van der Waals surface area contributed by atoms with Crippen LogP contribution in [0.4, 0.5) is 0 Å². The number of carbonyl (C=O) groups is 1. The number of fused-ring (bicyclic) bond motifs is 1. The lowest BCUT2D eigenvalue weighted by Crippen LogP contribution is -2.27. The summed E-state index contributed by atoms with van der Waals surface area (Å²) in [5.41, 5.74) is 3.04. The minimum absolute atomic E-state index is 0.163. The molecule has 0 spiro atoms. The third kappa shape index (κ3) is 3.33. The van der Waals surface area contributed by atoms with E-state index >= 15 is 0 Å². The van der Waals surface area contributed by atoms with Gasteiger partial charge in [0, 0.05) is 10.8 Å². The predicted octanol–water partition coefficient (Wildman–Crippen LogP) is 3.98. The zero-order valence-electron chi connectivity index (χ0n) is 15.3. The summed E-state index contributed by atoms with van der Waals surface area (Å²) >= 11 is 1.57. The van der Waals surface area contributed by atoms with Gasteiger partial charge in [0.15, 0.2) is 5.82 Å². The first-order chi connectivity index (χ1) is 13.0. The van der Waals surface area contributed by atoms with Crippen molar-refractivity contribution in [3.8, 4) is 5.82 Å². The molecule has 0 aliphatic rings. The second-order valence-electron chi connectivity index (χ2n) is 6.40. The van der Waals surface area contributed by atoms with E-state index in [-0.39, 0.29) is 11.9 Å². The van der Waals surface area contributed by atoms with Crippen LogP contribution in [0.1, 0.15) is 39.7 Å². The van der Waals surface area contributed by atoms with Crippen LogP contribution in [-0.4, -0.2) is 25.7 Å². The first-order valence-corrected chi connectivity index (χ1v) is 9.54. The summed E-state index contributed by atoms with van der Waals surface area (Å²) in [7, 11) is 0. The second-order valence-corrected chi connectivity index (χ2v) is 7.47. The molecule has 0 bridgehead atoms. The monoisotopic (exact) mass is 377 g/mol. The molecule has 4 rings (SSSR count). The van der Waals surface area contributed by atoms with Gasteiger partial charge in [0.05, 0.1) is 39.7 Å². The molecule has 3 aromatic heterocycles. The van der Waals surface area contributed by atoms with Crippen molar-refractivity contribution in [1.82, 2.24) is 25.1 Å². The van der Waals surface area contributed by atoms with E-state index < -0.39 is 0 Å². The fraction of sp³-hybridized carbons (Fsp3) is 0.200.